The lowest BCUT2D eigenvalue weighted by Crippen LogP contribution is -2.47. The van der Waals surface area contributed by atoms with Gasteiger partial charge in [-0.05, 0) is 24.3 Å². The van der Waals surface area contributed by atoms with Crippen LogP contribution < -0.4 is 10.6 Å². The molecular weight excluding hydrogens is 236 g/mol. The zero-order valence-corrected chi connectivity index (χ0v) is 10.3. The fourth-order valence-electron chi connectivity index (χ4n) is 1.96. The van der Waals surface area contributed by atoms with Crippen LogP contribution in [0.3, 0.4) is 0 Å². The first-order chi connectivity index (χ1) is 8.22. The number of benzene rings is 1. The van der Waals surface area contributed by atoms with E-state index in [-0.39, 0.29) is 12.6 Å². The number of hydrogen-bond acceptors (Lipinski definition) is 4. The molecule has 1 fully saturated rings. The third-order valence-electron chi connectivity index (χ3n) is 2.92. The lowest BCUT2D eigenvalue weighted by atomic mass is 10.1. The molecule has 0 bridgehead atoms. The lowest BCUT2D eigenvalue weighted by Gasteiger charge is -2.36. The molecule has 0 aromatic heterocycles. The van der Waals surface area contributed by atoms with E-state index in [2.05, 4.69) is 4.90 Å². The molecule has 0 amide bonds. The number of morpholine rings is 1. The highest BCUT2D eigenvalue weighted by atomic mass is 32.1. The Hall–Kier alpha value is -1.17. The molecular formula is C12H16N2O2S. The third-order valence-corrected chi connectivity index (χ3v) is 3.16. The van der Waals surface area contributed by atoms with E-state index >= 15 is 0 Å². The van der Waals surface area contributed by atoms with Crippen LogP contribution in [0, 0.1) is 0 Å². The van der Waals surface area contributed by atoms with E-state index < -0.39 is 0 Å². The molecule has 1 aromatic rings. The van der Waals surface area contributed by atoms with Crippen LogP contribution in [0.25, 0.3) is 0 Å². The summed E-state index contributed by atoms with van der Waals surface area (Å²) in [7, 11) is 0. The van der Waals surface area contributed by atoms with Crippen LogP contribution in [-0.2, 0) is 4.74 Å². The fraction of sp³-hybridized carbons (Fsp3) is 0.417. The Morgan fingerprint density at radius 3 is 2.76 bits per heavy atom. The van der Waals surface area contributed by atoms with Gasteiger partial charge in [0, 0.05) is 17.8 Å². The molecule has 1 aliphatic heterocycles. The molecule has 4 nitrogen and oxygen atoms in total. The van der Waals surface area contributed by atoms with Crippen LogP contribution in [-0.4, -0.2) is 42.5 Å². The number of nitrogens with two attached hydrogens (primary N) is 1. The summed E-state index contributed by atoms with van der Waals surface area (Å²) >= 11 is 4.91. The SMILES string of the molecule is NC(=S)c1ccc(N2CCOCC2CO)cc1. The molecule has 0 radical (unpaired) electrons. The van der Waals surface area contributed by atoms with Crippen molar-refractivity contribution in [3.8, 4) is 0 Å². The van der Waals surface area contributed by atoms with E-state index in [9.17, 15) is 5.11 Å². The first-order valence-electron chi connectivity index (χ1n) is 5.57. The average Bonchev–Trinajstić information content (AvgIpc) is 2.39. The van der Waals surface area contributed by atoms with Gasteiger partial charge < -0.3 is 20.5 Å². The van der Waals surface area contributed by atoms with Crippen molar-refractivity contribution in [1.29, 1.82) is 0 Å². The van der Waals surface area contributed by atoms with Crippen molar-refractivity contribution in [3.05, 3.63) is 29.8 Å². The summed E-state index contributed by atoms with van der Waals surface area (Å²) in [4.78, 5) is 2.55. The highest BCUT2D eigenvalue weighted by molar-refractivity contribution is 7.80. The second kappa shape index (κ2) is 5.44. The van der Waals surface area contributed by atoms with Crippen molar-refractivity contribution < 1.29 is 9.84 Å². The van der Waals surface area contributed by atoms with Gasteiger partial charge in [-0.3, -0.25) is 0 Å². The summed E-state index contributed by atoms with van der Waals surface area (Å²) in [5.41, 5.74) is 7.47. The summed E-state index contributed by atoms with van der Waals surface area (Å²) in [5, 5.41) is 9.30. The Balaban J connectivity index is 2.17. The highest BCUT2D eigenvalue weighted by Gasteiger charge is 2.22. The molecule has 1 aliphatic rings. The van der Waals surface area contributed by atoms with E-state index in [1.807, 2.05) is 24.3 Å². The molecule has 17 heavy (non-hydrogen) atoms. The maximum absolute atomic E-state index is 9.30. The van der Waals surface area contributed by atoms with E-state index in [1.165, 1.54) is 0 Å². The summed E-state index contributed by atoms with van der Waals surface area (Å²) in [6.45, 7) is 2.13. The molecule has 1 aromatic carbocycles. The first kappa shape index (κ1) is 12.3. The Kier molecular flexibility index (Phi) is 3.93. The number of anilines is 1. The number of nitrogens with zero attached hydrogens (tertiary/aromatic N) is 1. The Bertz CT molecular complexity index is 394. The van der Waals surface area contributed by atoms with Gasteiger partial charge in [-0.15, -0.1) is 0 Å². The van der Waals surface area contributed by atoms with E-state index in [4.69, 9.17) is 22.7 Å². The van der Waals surface area contributed by atoms with Crippen molar-refractivity contribution in [1.82, 2.24) is 0 Å². The fourth-order valence-corrected chi connectivity index (χ4v) is 2.10. The number of rotatable bonds is 3. The normalized spacial score (nSPS) is 20.3. The quantitative estimate of drug-likeness (QED) is 0.768. The molecule has 1 atom stereocenters. The lowest BCUT2D eigenvalue weighted by molar-refractivity contribution is 0.0727. The second-order valence-electron chi connectivity index (χ2n) is 4.02. The van der Waals surface area contributed by atoms with Gasteiger partial charge in [0.15, 0.2) is 0 Å². The predicted octanol–water partition coefficient (Wildman–Crippen LogP) is 0.518. The minimum Gasteiger partial charge on any atom is -0.394 e. The summed E-state index contributed by atoms with van der Waals surface area (Å²) in [5.74, 6) is 0. The van der Waals surface area contributed by atoms with E-state index in [0.29, 0.717) is 18.2 Å². The highest BCUT2D eigenvalue weighted by Crippen LogP contribution is 2.20. The van der Waals surface area contributed by atoms with Crippen molar-refractivity contribution in [2.45, 2.75) is 6.04 Å². The van der Waals surface area contributed by atoms with Crippen molar-refractivity contribution in [2.75, 3.05) is 31.3 Å². The molecule has 0 saturated carbocycles. The van der Waals surface area contributed by atoms with Gasteiger partial charge in [0.2, 0.25) is 0 Å². The minimum absolute atomic E-state index is 0.0272. The van der Waals surface area contributed by atoms with Crippen molar-refractivity contribution in [3.63, 3.8) is 0 Å². The molecule has 92 valence electrons. The summed E-state index contributed by atoms with van der Waals surface area (Å²) in [6, 6.07) is 7.79. The van der Waals surface area contributed by atoms with Gasteiger partial charge in [-0.2, -0.15) is 0 Å². The number of aliphatic hydroxyl groups excluding tert-OH is 1. The van der Waals surface area contributed by atoms with Crippen LogP contribution in [0.15, 0.2) is 24.3 Å². The average molecular weight is 252 g/mol. The minimum atomic E-state index is 0.0272. The third kappa shape index (κ3) is 2.74. The van der Waals surface area contributed by atoms with Crippen LogP contribution in [0.5, 0.6) is 0 Å². The number of thiocarbonyl (C=S) groups is 1. The Labute approximate surface area is 106 Å². The standard InChI is InChI=1S/C12H16N2O2S/c13-12(17)9-1-3-10(4-2-9)14-5-6-16-8-11(14)7-15/h1-4,11,15H,5-8H2,(H2,13,17). The number of aliphatic hydroxyl groups is 1. The van der Waals surface area contributed by atoms with E-state index in [0.717, 1.165) is 17.8 Å². The van der Waals surface area contributed by atoms with Crippen molar-refractivity contribution in [2.24, 2.45) is 5.73 Å². The molecule has 0 aliphatic carbocycles. The molecule has 1 unspecified atom stereocenters. The zero-order chi connectivity index (χ0) is 12.3. The van der Waals surface area contributed by atoms with Crippen LogP contribution in [0.2, 0.25) is 0 Å². The molecule has 0 spiro atoms. The molecule has 1 heterocycles. The largest absolute Gasteiger partial charge is 0.394 e. The van der Waals surface area contributed by atoms with Gasteiger partial charge in [0.05, 0.1) is 25.9 Å². The maximum atomic E-state index is 9.30. The van der Waals surface area contributed by atoms with Gasteiger partial charge in [0.1, 0.15) is 4.99 Å². The van der Waals surface area contributed by atoms with Gasteiger partial charge in [0.25, 0.3) is 0 Å². The van der Waals surface area contributed by atoms with Gasteiger partial charge >= 0.3 is 0 Å². The maximum Gasteiger partial charge on any atom is 0.103 e. The van der Waals surface area contributed by atoms with E-state index in [1.54, 1.807) is 0 Å². The Morgan fingerprint density at radius 2 is 2.18 bits per heavy atom. The summed E-state index contributed by atoms with van der Waals surface area (Å²) < 4.78 is 5.34. The summed E-state index contributed by atoms with van der Waals surface area (Å²) in [6.07, 6.45) is 0. The molecule has 3 N–H and O–H groups in total. The molecule has 5 heteroatoms. The van der Waals surface area contributed by atoms with Gasteiger partial charge in [-0.25, -0.2) is 0 Å². The zero-order valence-electron chi connectivity index (χ0n) is 9.50. The number of ether oxygens (including phenoxy) is 1. The van der Waals surface area contributed by atoms with Gasteiger partial charge in [-0.1, -0.05) is 12.2 Å². The molecule has 1 saturated heterocycles. The van der Waals surface area contributed by atoms with Crippen LogP contribution >= 0.6 is 12.2 Å². The van der Waals surface area contributed by atoms with Crippen LogP contribution in [0.4, 0.5) is 5.69 Å². The topological polar surface area (TPSA) is 58.7 Å². The Morgan fingerprint density at radius 1 is 1.47 bits per heavy atom. The van der Waals surface area contributed by atoms with Crippen molar-refractivity contribution >= 4 is 22.9 Å². The first-order valence-corrected chi connectivity index (χ1v) is 5.98. The second-order valence-corrected chi connectivity index (χ2v) is 4.46. The molecule has 2 rings (SSSR count). The monoisotopic (exact) mass is 252 g/mol. The predicted molar refractivity (Wildman–Crippen MR) is 71.4 cm³/mol. The number of hydrogen-bond donors (Lipinski definition) is 2. The smallest absolute Gasteiger partial charge is 0.103 e. The van der Waals surface area contributed by atoms with Crippen LogP contribution in [0.1, 0.15) is 5.56 Å².